The van der Waals surface area contributed by atoms with Gasteiger partial charge in [0.05, 0.1) is 11.0 Å². The molecule has 1 amide bonds. The topological polar surface area (TPSA) is 43.1 Å². The average molecular weight is 322 g/mol. The molecular weight excluding hydrogens is 300 g/mol. The number of amides is 1. The van der Waals surface area contributed by atoms with Gasteiger partial charge in [-0.05, 0) is 37.1 Å². The second kappa shape index (κ2) is 5.82. The maximum atomic E-state index is 12.6. The van der Waals surface area contributed by atoms with Crippen LogP contribution in [0.1, 0.15) is 35.1 Å². The molecule has 0 N–H and O–H groups in total. The third-order valence-corrected chi connectivity index (χ3v) is 5.13. The highest BCUT2D eigenvalue weighted by molar-refractivity contribution is 5.92. The van der Waals surface area contributed by atoms with Crippen molar-refractivity contribution < 1.29 is 4.79 Å². The van der Waals surface area contributed by atoms with E-state index in [1.807, 2.05) is 40.9 Å². The summed E-state index contributed by atoms with van der Waals surface area (Å²) in [6.07, 6.45) is 3.85. The molecule has 5 heteroatoms. The molecule has 0 radical (unpaired) electrons. The summed E-state index contributed by atoms with van der Waals surface area (Å²) in [7, 11) is 4.01. The molecule has 3 aromatic rings. The van der Waals surface area contributed by atoms with Crippen molar-refractivity contribution in [3.05, 3.63) is 54.1 Å². The summed E-state index contributed by atoms with van der Waals surface area (Å²) in [6, 6.07) is 12.1. The van der Waals surface area contributed by atoms with E-state index in [1.165, 1.54) is 5.52 Å². The van der Waals surface area contributed by atoms with Gasteiger partial charge in [0.25, 0.3) is 5.91 Å². The van der Waals surface area contributed by atoms with Crippen molar-refractivity contribution in [2.45, 2.75) is 18.8 Å². The fourth-order valence-corrected chi connectivity index (χ4v) is 3.72. The number of aryl methyl sites for hydroxylation is 2. The van der Waals surface area contributed by atoms with Gasteiger partial charge in [0, 0.05) is 39.3 Å². The maximum absolute atomic E-state index is 12.6. The van der Waals surface area contributed by atoms with Gasteiger partial charge in [0.2, 0.25) is 0 Å². The molecule has 1 fully saturated rings. The quantitative estimate of drug-likeness (QED) is 0.728. The number of piperidine rings is 1. The molecule has 1 aliphatic heterocycles. The van der Waals surface area contributed by atoms with Gasteiger partial charge >= 0.3 is 0 Å². The van der Waals surface area contributed by atoms with Crippen molar-refractivity contribution in [2.75, 3.05) is 13.1 Å². The van der Waals surface area contributed by atoms with Crippen LogP contribution in [0.15, 0.2) is 42.6 Å². The van der Waals surface area contributed by atoms with Gasteiger partial charge in [0.15, 0.2) is 0 Å². The number of aromatic nitrogens is 3. The van der Waals surface area contributed by atoms with Crippen LogP contribution in [0.4, 0.5) is 0 Å². The van der Waals surface area contributed by atoms with Crippen LogP contribution in [0, 0.1) is 0 Å². The zero-order valence-electron chi connectivity index (χ0n) is 14.1. The van der Waals surface area contributed by atoms with Crippen molar-refractivity contribution >= 4 is 16.9 Å². The smallest absolute Gasteiger partial charge is 0.270 e. The summed E-state index contributed by atoms with van der Waals surface area (Å²) in [5, 5.41) is 0. The molecule has 0 saturated carbocycles. The normalized spacial score (nSPS) is 16.0. The average Bonchev–Trinajstić information content (AvgIpc) is 3.18. The molecule has 1 saturated heterocycles. The van der Waals surface area contributed by atoms with E-state index < -0.39 is 0 Å². The van der Waals surface area contributed by atoms with E-state index in [2.05, 4.69) is 29.8 Å². The number of hydrogen-bond donors (Lipinski definition) is 0. The van der Waals surface area contributed by atoms with E-state index in [0.717, 1.165) is 43.0 Å². The predicted octanol–water partition coefficient (Wildman–Crippen LogP) is 2.93. The first-order valence-corrected chi connectivity index (χ1v) is 8.47. The predicted molar refractivity (Wildman–Crippen MR) is 94.0 cm³/mol. The fourth-order valence-electron chi connectivity index (χ4n) is 3.72. The lowest BCUT2D eigenvalue weighted by atomic mass is 9.95. The van der Waals surface area contributed by atoms with Gasteiger partial charge < -0.3 is 14.0 Å². The van der Waals surface area contributed by atoms with Crippen LogP contribution >= 0.6 is 0 Å². The van der Waals surface area contributed by atoms with Crippen LogP contribution in [-0.2, 0) is 14.1 Å². The molecule has 1 aromatic carbocycles. The van der Waals surface area contributed by atoms with Crippen molar-refractivity contribution in [2.24, 2.45) is 14.1 Å². The molecule has 24 heavy (non-hydrogen) atoms. The van der Waals surface area contributed by atoms with Crippen molar-refractivity contribution in [3.63, 3.8) is 0 Å². The lowest BCUT2D eigenvalue weighted by molar-refractivity contribution is 0.0701. The van der Waals surface area contributed by atoms with Crippen molar-refractivity contribution in [1.82, 2.24) is 19.0 Å². The molecule has 0 atom stereocenters. The Labute approximate surface area is 141 Å². The van der Waals surface area contributed by atoms with Crippen LogP contribution < -0.4 is 0 Å². The van der Waals surface area contributed by atoms with Crippen molar-refractivity contribution in [3.8, 4) is 0 Å². The minimum Gasteiger partial charge on any atom is -0.347 e. The van der Waals surface area contributed by atoms with E-state index in [0.29, 0.717) is 5.92 Å². The molecule has 0 spiro atoms. The summed E-state index contributed by atoms with van der Waals surface area (Å²) in [5.74, 6) is 1.69. The van der Waals surface area contributed by atoms with E-state index in [9.17, 15) is 4.79 Å². The zero-order chi connectivity index (χ0) is 16.7. The molecule has 3 heterocycles. The first-order valence-electron chi connectivity index (χ1n) is 8.47. The number of carbonyl (C=O) groups is 1. The van der Waals surface area contributed by atoms with E-state index in [4.69, 9.17) is 4.98 Å². The molecule has 2 aromatic heterocycles. The number of rotatable bonds is 2. The maximum Gasteiger partial charge on any atom is 0.270 e. The van der Waals surface area contributed by atoms with Crippen LogP contribution in [0.3, 0.4) is 0 Å². The Bertz CT molecular complexity index is 884. The van der Waals surface area contributed by atoms with E-state index >= 15 is 0 Å². The fraction of sp³-hybridized carbons (Fsp3) is 0.368. The number of likely N-dealkylation sites (tertiary alicyclic amines) is 1. The summed E-state index contributed by atoms with van der Waals surface area (Å²) in [4.78, 5) is 19.4. The van der Waals surface area contributed by atoms with Crippen LogP contribution in [0.2, 0.25) is 0 Å². The molecular formula is C19H22N4O. The highest BCUT2D eigenvalue weighted by atomic mass is 16.2. The monoisotopic (exact) mass is 322 g/mol. The Balaban J connectivity index is 1.50. The van der Waals surface area contributed by atoms with Crippen LogP contribution in [0.25, 0.3) is 11.0 Å². The Hall–Kier alpha value is -2.56. The third-order valence-electron chi connectivity index (χ3n) is 5.13. The molecule has 1 aliphatic rings. The largest absolute Gasteiger partial charge is 0.347 e. The highest BCUT2D eigenvalue weighted by Crippen LogP contribution is 2.30. The molecule has 0 aliphatic carbocycles. The highest BCUT2D eigenvalue weighted by Gasteiger charge is 2.28. The van der Waals surface area contributed by atoms with Gasteiger partial charge in [0.1, 0.15) is 11.5 Å². The van der Waals surface area contributed by atoms with E-state index in [-0.39, 0.29) is 5.91 Å². The number of nitrogens with zero attached hydrogens (tertiary/aromatic N) is 4. The standard InChI is InChI=1S/C19H22N4O/c1-21-11-5-8-17(21)19(24)23-12-9-14(10-13-23)18-20-15-6-3-4-7-16(15)22(18)2/h3-8,11,14H,9-10,12-13H2,1-2H3. The van der Waals surface area contributed by atoms with Gasteiger partial charge in [-0.1, -0.05) is 12.1 Å². The first kappa shape index (κ1) is 15.0. The minimum absolute atomic E-state index is 0.131. The lowest BCUT2D eigenvalue weighted by Gasteiger charge is -2.31. The number of hydrogen-bond acceptors (Lipinski definition) is 2. The van der Waals surface area contributed by atoms with E-state index in [1.54, 1.807) is 0 Å². The van der Waals surface area contributed by atoms with Crippen LogP contribution in [-0.4, -0.2) is 38.0 Å². The number of imidazole rings is 1. The van der Waals surface area contributed by atoms with Crippen molar-refractivity contribution in [1.29, 1.82) is 0 Å². The van der Waals surface area contributed by atoms with Gasteiger partial charge in [-0.15, -0.1) is 0 Å². The summed E-state index contributed by atoms with van der Waals surface area (Å²) >= 11 is 0. The summed E-state index contributed by atoms with van der Waals surface area (Å²) in [5.41, 5.74) is 2.99. The zero-order valence-corrected chi connectivity index (χ0v) is 14.1. The first-order chi connectivity index (χ1) is 11.6. The SMILES string of the molecule is Cn1cccc1C(=O)N1CCC(c2nc3ccccc3n2C)CC1. The Morgan fingerprint density at radius 2 is 1.83 bits per heavy atom. The summed E-state index contributed by atoms with van der Waals surface area (Å²) < 4.78 is 4.09. The van der Waals surface area contributed by atoms with Crippen LogP contribution in [0.5, 0.6) is 0 Å². The minimum atomic E-state index is 0.131. The Morgan fingerprint density at radius 3 is 2.50 bits per heavy atom. The number of benzene rings is 1. The Morgan fingerprint density at radius 1 is 1.08 bits per heavy atom. The molecule has 0 unspecified atom stereocenters. The van der Waals surface area contributed by atoms with Gasteiger partial charge in [-0.25, -0.2) is 4.98 Å². The van der Waals surface area contributed by atoms with Gasteiger partial charge in [-0.2, -0.15) is 0 Å². The molecule has 0 bridgehead atoms. The molecule has 5 nitrogen and oxygen atoms in total. The number of carbonyl (C=O) groups excluding carboxylic acids is 1. The second-order valence-corrected chi connectivity index (χ2v) is 6.59. The molecule has 4 rings (SSSR count). The van der Waals surface area contributed by atoms with Gasteiger partial charge in [-0.3, -0.25) is 4.79 Å². The second-order valence-electron chi connectivity index (χ2n) is 6.59. The number of para-hydroxylation sites is 2. The summed E-state index contributed by atoms with van der Waals surface area (Å²) in [6.45, 7) is 1.58. The lowest BCUT2D eigenvalue weighted by Crippen LogP contribution is -2.39. The number of fused-ring (bicyclic) bond motifs is 1. The Kier molecular flexibility index (Phi) is 3.63. The third kappa shape index (κ3) is 2.40. The molecule has 124 valence electrons.